The molecule has 0 radical (unpaired) electrons. The fraction of sp³-hybridized carbons (Fsp3) is 0.471. The van der Waals surface area contributed by atoms with Gasteiger partial charge in [-0.15, -0.1) is 0 Å². The predicted molar refractivity (Wildman–Crippen MR) is 87.2 cm³/mol. The van der Waals surface area contributed by atoms with Crippen LogP contribution in [0.4, 0.5) is 0 Å². The van der Waals surface area contributed by atoms with E-state index in [0.717, 1.165) is 10.9 Å². The van der Waals surface area contributed by atoms with Crippen LogP contribution in [0, 0.1) is 11.3 Å². The number of hydrogen-bond donors (Lipinski definition) is 1. The Labute approximate surface area is 139 Å². The SMILES string of the molecule is Cn1nc2ccccc2c1C(=O)N1C[C@@H]2COCC[C@]2(C(N)=O)C1. The normalized spacial score (nSPS) is 26.5. The lowest BCUT2D eigenvalue weighted by atomic mass is 9.74. The fourth-order valence-electron chi connectivity index (χ4n) is 4.06. The number of aromatic nitrogens is 2. The molecule has 2 aromatic rings. The van der Waals surface area contributed by atoms with E-state index in [1.54, 1.807) is 16.6 Å². The van der Waals surface area contributed by atoms with Gasteiger partial charge in [-0.05, 0) is 12.5 Å². The summed E-state index contributed by atoms with van der Waals surface area (Å²) in [7, 11) is 1.77. The standard InChI is InChI=1S/C17H20N4O3/c1-20-14(12-4-2-3-5-13(12)19-20)15(22)21-8-11-9-24-7-6-17(11,10-21)16(18)23/h2-5,11H,6-10H2,1H3,(H2,18,23)/t11-,17+/m1/s1. The monoisotopic (exact) mass is 328 g/mol. The Kier molecular flexibility index (Phi) is 3.35. The van der Waals surface area contributed by atoms with Gasteiger partial charge in [0.15, 0.2) is 0 Å². The van der Waals surface area contributed by atoms with Gasteiger partial charge in [-0.25, -0.2) is 0 Å². The zero-order valence-corrected chi connectivity index (χ0v) is 13.6. The molecule has 2 atom stereocenters. The number of carbonyl (C=O) groups excluding carboxylic acids is 2. The summed E-state index contributed by atoms with van der Waals surface area (Å²) in [6.07, 6.45) is 0.572. The first-order valence-corrected chi connectivity index (χ1v) is 8.11. The quantitative estimate of drug-likeness (QED) is 0.871. The van der Waals surface area contributed by atoms with Crippen molar-refractivity contribution in [3.05, 3.63) is 30.0 Å². The molecule has 2 fully saturated rings. The zero-order valence-electron chi connectivity index (χ0n) is 13.6. The number of rotatable bonds is 2. The number of amides is 2. The number of hydrogen-bond acceptors (Lipinski definition) is 4. The lowest BCUT2D eigenvalue weighted by Gasteiger charge is -2.34. The van der Waals surface area contributed by atoms with Gasteiger partial charge in [-0.2, -0.15) is 5.10 Å². The average molecular weight is 328 g/mol. The lowest BCUT2D eigenvalue weighted by Crippen LogP contribution is -2.48. The molecule has 3 heterocycles. The number of carbonyl (C=O) groups is 2. The molecule has 0 saturated carbocycles. The number of ether oxygens (including phenoxy) is 1. The number of aryl methyl sites for hydroxylation is 1. The van der Waals surface area contributed by atoms with Gasteiger partial charge in [0.25, 0.3) is 5.91 Å². The van der Waals surface area contributed by atoms with Crippen LogP contribution in [0.1, 0.15) is 16.9 Å². The number of likely N-dealkylation sites (tertiary alicyclic amines) is 1. The van der Waals surface area contributed by atoms with Crippen molar-refractivity contribution in [3.63, 3.8) is 0 Å². The van der Waals surface area contributed by atoms with Gasteiger partial charge in [0.2, 0.25) is 5.91 Å². The van der Waals surface area contributed by atoms with Crippen molar-refractivity contribution in [1.29, 1.82) is 0 Å². The molecule has 0 bridgehead atoms. The van der Waals surface area contributed by atoms with Crippen molar-refractivity contribution in [3.8, 4) is 0 Å². The molecule has 0 spiro atoms. The molecule has 2 N–H and O–H groups in total. The van der Waals surface area contributed by atoms with Crippen LogP contribution in [0.5, 0.6) is 0 Å². The van der Waals surface area contributed by atoms with E-state index in [1.165, 1.54) is 0 Å². The summed E-state index contributed by atoms with van der Waals surface area (Å²) in [6, 6.07) is 7.57. The van der Waals surface area contributed by atoms with Crippen LogP contribution in [0.15, 0.2) is 24.3 Å². The van der Waals surface area contributed by atoms with Crippen LogP contribution < -0.4 is 5.73 Å². The molecule has 2 amide bonds. The maximum Gasteiger partial charge on any atom is 0.272 e. The molecule has 2 aliphatic heterocycles. The summed E-state index contributed by atoms with van der Waals surface area (Å²) in [4.78, 5) is 27.0. The summed E-state index contributed by atoms with van der Waals surface area (Å²) in [5, 5.41) is 5.22. The van der Waals surface area contributed by atoms with Gasteiger partial charge in [-0.3, -0.25) is 14.3 Å². The number of nitrogens with two attached hydrogens (primary N) is 1. The van der Waals surface area contributed by atoms with Gasteiger partial charge < -0.3 is 15.4 Å². The Bertz CT molecular complexity index is 830. The van der Waals surface area contributed by atoms with E-state index < -0.39 is 5.41 Å². The molecular weight excluding hydrogens is 308 g/mol. The second kappa shape index (κ2) is 5.31. The first kappa shape index (κ1) is 15.1. The Hall–Kier alpha value is -2.41. The van der Waals surface area contributed by atoms with Crippen LogP contribution >= 0.6 is 0 Å². The number of benzene rings is 1. The third kappa shape index (κ3) is 2.04. The van der Waals surface area contributed by atoms with E-state index in [2.05, 4.69) is 5.10 Å². The van der Waals surface area contributed by atoms with E-state index in [-0.39, 0.29) is 17.7 Å². The summed E-state index contributed by atoms with van der Waals surface area (Å²) in [5.41, 5.74) is 6.36. The first-order valence-electron chi connectivity index (χ1n) is 8.11. The predicted octanol–water partition coefficient (Wildman–Crippen LogP) is 0.537. The molecule has 1 aromatic heterocycles. The number of primary amides is 1. The van der Waals surface area contributed by atoms with Gasteiger partial charge in [0, 0.05) is 38.0 Å². The molecule has 2 aliphatic rings. The smallest absolute Gasteiger partial charge is 0.272 e. The molecule has 126 valence electrons. The van der Waals surface area contributed by atoms with Crippen molar-refractivity contribution in [2.45, 2.75) is 6.42 Å². The molecule has 7 heteroatoms. The van der Waals surface area contributed by atoms with Crippen molar-refractivity contribution in [1.82, 2.24) is 14.7 Å². The molecule has 0 aliphatic carbocycles. The summed E-state index contributed by atoms with van der Waals surface area (Å²) in [6.45, 7) is 1.82. The maximum absolute atomic E-state index is 13.1. The highest BCUT2D eigenvalue weighted by molar-refractivity contribution is 6.05. The van der Waals surface area contributed by atoms with Crippen LogP contribution in [0.25, 0.3) is 10.9 Å². The van der Waals surface area contributed by atoms with Crippen LogP contribution in [0.2, 0.25) is 0 Å². The van der Waals surface area contributed by atoms with Crippen molar-refractivity contribution in [2.24, 2.45) is 24.1 Å². The Morgan fingerprint density at radius 1 is 1.38 bits per heavy atom. The van der Waals surface area contributed by atoms with Crippen molar-refractivity contribution >= 4 is 22.7 Å². The summed E-state index contributed by atoms with van der Waals surface area (Å²) >= 11 is 0. The van der Waals surface area contributed by atoms with Gasteiger partial charge in [0.1, 0.15) is 5.69 Å². The molecule has 4 rings (SSSR count). The summed E-state index contributed by atoms with van der Waals surface area (Å²) < 4.78 is 7.12. The molecule has 2 saturated heterocycles. The van der Waals surface area contributed by atoms with E-state index >= 15 is 0 Å². The van der Waals surface area contributed by atoms with E-state index in [1.807, 2.05) is 24.3 Å². The second-order valence-corrected chi connectivity index (χ2v) is 6.72. The second-order valence-electron chi connectivity index (χ2n) is 6.72. The molecule has 24 heavy (non-hydrogen) atoms. The van der Waals surface area contributed by atoms with Gasteiger partial charge in [-0.1, -0.05) is 18.2 Å². The first-order chi connectivity index (χ1) is 11.5. The van der Waals surface area contributed by atoms with Crippen molar-refractivity contribution < 1.29 is 14.3 Å². The minimum Gasteiger partial charge on any atom is -0.381 e. The Morgan fingerprint density at radius 3 is 2.92 bits per heavy atom. The summed E-state index contributed by atoms with van der Waals surface area (Å²) in [5.74, 6) is -0.477. The van der Waals surface area contributed by atoms with Crippen LogP contribution in [-0.4, -0.2) is 52.8 Å². The Morgan fingerprint density at radius 2 is 2.17 bits per heavy atom. The molecule has 7 nitrogen and oxygen atoms in total. The maximum atomic E-state index is 13.1. The topological polar surface area (TPSA) is 90.4 Å². The number of fused-ring (bicyclic) bond motifs is 2. The largest absolute Gasteiger partial charge is 0.381 e. The lowest BCUT2D eigenvalue weighted by molar-refractivity contribution is -0.135. The fourth-order valence-corrected chi connectivity index (χ4v) is 4.06. The number of nitrogens with zero attached hydrogens (tertiary/aromatic N) is 3. The van der Waals surface area contributed by atoms with Gasteiger partial charge >= 0.3 is 0 Å². The highest BCUT2D eigenvalue weighted by atomic mass is 16.5. The zero-order chi connectivity index (χ0) is 16.9. The Balaban J connectivity index is 1.70. The van der Waals surface area contributed by atoms with Crippen LogP contribution in [0.3, 0.4) is 0 Å². The third-order valence-corrected chi connectivity index (χ3v) is 5.43. The molecule has 0 unspecified atom stereocenters. The van der Waals surface area contributed by atoms with E-state index in [9.17, 15) is 9.59 Å². The van der Waals surface area contributed by atoms with Crippen molar-refractivity contribution in [2.75, 3.05) is 26.3 Å². The minimum absolute atomic E-state index is 0.0350. The minimum atomic E-state index is -0.664. The van der Waals surface area contributed by atoms with E-state index in [4.69, 9.17) is 10.5 Å². The average Bonchev–Trinajstić information content (AvgIpc) is 3.12. The van der Waals surface area contributed by atoms with Gasteiger partial charge in [0.05, 0.1) is 17.5 Å². The highest BCUT2D eigenvalue weighted by Crippen LogP contribution is 2.42. The van der Waals surface area contributed by atoms with E-state index in [0.29, 0.717) is 38.4 Å². The molecular formula is C17H20N4O3. The molecule has 1 aromatic carbocycles. The highest BCUT2D eigenvalue weighted by Gasteiger charge is 2.54. The third-order valence-electron chi connectivity index (χ3n) is 5.43. The van der Waals surface area contributed by atoms with Crippen LogP contribution in [-0.2, 0) is 16.6 Å².